The Morgan fingerprint density at radius 2 is 2.21 bits per heavy atom. The summed E-state index contributed by atoms with van der Waals surface area (Å²) in [7, 11) is -3.82. The molecule has 2 rings (SSSR count). The third kappa shape index (κ3) is 2.86. The van der Waals surface area contributed by atoms with Crippen LogP contribution in [0.15, 0.2) is 29.7 Å². The molecule has 0 amide bonds. The van der Waals surface area contributed by atoms with Crippen LogP contribution in [-0.4, -0.2) is 28.6 Å². The van der Waals surface area contributed by atoms with Crippen LogP contribution in [0.2, 0.25) is 0 Å². The highest BCUT2D eigenvalue weighted by atomic mass is 32.2. The Labute approximate surface area is 109 Å². The van der Waals surface area contributed by atoms with E-state index in [2.05, 4.69) is 30.3 Å². The highest BCUT2D eigenvalue weighted by Gasteiger charge is 2.23. The Balaban J connectivity index is 2.28. The fraction of sp³-hybridized carbons (Fsp3) is 0.222. The molecule has 2 heterocycles. The van der Waals surface area contributed by atoms with Crippen molar-refractivity contribution in [1.82, 2.24) is 24.9 Å². The van der Waals surface area contributed by atoms with Gasteiger partial charge in [-0.2, -0.15) is 9.82 Å². The molecule has 0 aliphatic rings. The van der Waals surface area contributed by atoms with Crippen LogP contribution in [0.5, 0.6) is 0 Å². The number of pyridine rings is 1. The molecule has 5 N–H and O–H groups in total. The molecule has 0 spiro atoms. The van der Waals surface area contributed by atoms with Gasteiger partial charge in [-0.05, 0) is 19.1 Å². The second-order valence-electron chi connectivity index (χ2n) is 3.71. The zero-order valence-corrected chi connectivity index (χ0v) is 10.8. The van der Waals surface area contributed by atoms with Gasteiger partial charge >= 0.3 is 0 Å². The van der Waals surface area contributed by atoms with E-state index in [1.165, 1.54) is 18.6 Å². The predicted octanol–water partition coefficient (Wildman–Crippen LogP) is -0.475. The highest BCUT2D eigenvalue weighted by molar-refractivity contribution is 7.89. The van der Waals surface area contributed by atoms with Crippen LogP contribution < -0.4 is 16.0 Å². The number of aromatic amines is 1. The summed E-state index contributed by atoms with van der Waals surface area (Å²) >= 11 is 0. The Morgan fingerprint density at radius 3 is 2.84 bits per heavy atom. The topological polar surface area (TPSA) is 139 Å². The van der Waals surface area contributed by atoms with Crippen LogP contribution >= 0.6 is 0 Å². The standard InChI is InChI=1S/C9H13N7O2S/c1-6(8-12-5-13-15-8)16-19(17,18)9-7(14-10)3-2-4-11-9/h2-6,14,16H,10H2,1H3,(H,12,13,15). The van der Waals surface area contributed by atoms with E-state index in [1.807, 2.05) is 0 Å². The van der Waals surface area contributed by atoms with Gasteiger partial charge in [-0.15, -0.1) is 0 Å². The number of nitrogens with two attached hydrogens (primary N) is 1. The molecular weight excluding hydrogens is 270 g/mol. The van der Waals surface area contributed by atoms with Gasteiger partial charge < -0.3 is 5.43 Å². The van der Waals surface area contributed by atoms with Gasteiger partial charge in [0.2, 0.25) is 0 Å². The van der Waals surface area contributed by atoms with Crippen LogP contribution in [0.4, 0.5) is 5.69 Å². The van der Waals surface area contributed by atoms with Crippen LogP contribution in [0.1, 0.15) is 18.8 Å². The third-order valence-electron chi connectivity index (χ3n) is 2.36. The normalized spacial score (nSPS) is 13.2. The monoisotopic (exact) mass is 283 g/mol. The molecule has 0 saturated carbocycles. The molecular formula is C9H13N7O2S. The summed E-state index contributed by atoms with van der Waals surface area (Å²) in [4.78, 5) is 7.70. The first kappa shape index (κ1) is 13.4. The van der Waals surface area contributed by atoms with E-state index in [0.29, 0.717) is 5.82 Å². The second kappa shape index (κ2) is 5.30. The average molecular weight is 283 g/mol. The average Bonchev–Trinajstić information content (AvgIpc) is 2.92. The van der Waals surface area contributed by atoms with Gasteiger partial charge in [-0.3, -0.25) is 10.9 Å². The van der Waals surface area contributed by atoms with E-state index in [4.69, 9.17) is 5.84 Å². The molecule has 9 nitrogen and oxygen atoms in total. The number of hydrazine groups is 1. The maximum atomic E-state index is 12.2. The number of nitrogens with zero attached hydrogens (tertiary/aromatic N) is 3. The number of rotatable bonds is 5. The first-order valence-corrected chi connectivity index (χ1v) is 6.82. The van der Waals surface area contributed by atoms with Gasteiger partial charge in [0.15, 0.2) is 5.03 Å². The van der Waals surface area contributed by atoms with Crippen LogP contribution in [0.25, 0.3) is 0 Å². The number of aromatic nitrogens is 4. The fourth-order valence-corrected chi connectivity index (χ4v) is 2.79. The van der Waals surface area contributed by atoms with Crippen molar-refractivity contribution in [2.45, 2.75) is 18.0 Å². The van der Waals surface area contributed by atoms with Gasteiger partial charge in [0, 0.05) is 6.20 Å². The lowest BCUT2D eigenvalue weighted by molar-refractivity contribution is 0.557. The maximum absolute atomic E-state index is 12.2. The molecule has 1 atom stereocenters. The van der Waals surface area contributed by atoms with E-state index in [9.17, 15) is 8.42 Å². The molecule has 2 aromatic heterocycles. The van der Waals surface area contributed by atoms with Crippen molar-refractivity contribution < 1.29 is 8.42 Å². The Bertz CT molecular complexity index is 640. The van der Waals surface area contributed by atoms with Crippen LogP contribution in [0, 0.1) is 0 Å². The summed E-state index contributed by atoms with van der Waals surface area (Å²) in [5.74, 6) is 5.67. The molecule has 0 aliphatic heterocycles. The van der Waals surface area contributed by atoms with Crippen molar-refractivity contribution >= 4 is 15.7 Å². The lowest BCUT2D eigenvalue weighted by Crippen LogP contribution is -2.29. The smallest absolute Gasteiger partial charge is 0.260 e. The quantitative estimate of drug-likeness (QED) is 0.429. The van der Waals surface area contributed by atoms with Crippen molar-refractivity contribution in [3.63, 3.8) is 0 Å². The zero-order chi connectivity index (χ0) is 13.9. The van der Waals surface area contributed by atoms with E-state index < -0.39 is 16.1 Å². The second-order valence-corrected chi connectivity index (χ2v) is 5.34. The summed E-state index contributed by atoms with van der Waals surface area (Å²) in [5.41, 5.74) is 2.50. The summed E-state index contributed by atoms with van der Waals surface area (Å²) in [5, 5.41) is 6.07. The molecule has 0 radical (unpaired) electrons. The lowest BCUT2D eigenvalue weighted by Gasteiger charge is -2.13. The first-order chi connectivity index (χ1) is 9.04. The first-order valence-electron chi connectivity index (χ1n) is 5.34. The molecule has 2 aromatic rings. The highest BCUT2D eigenvalue weighted by Crippen LogP contribution is 2.18. The molecule has 19 heavy (non-hydrogen) atoms. The number of nitrogens with one attached hydrogen (secondary N) is 3. The molecule has 0 bridgehead atoms. The fourth-order valence-electron chi connectivity index (χ4n) is 1.48. The molecule has 0 saturated heterocycles. The predicted molar refractivity (Wildman–Crippen MR) is 67.2 cm³/mol. The number of hydrogen-bond donors (Lipinski definition) is 4. The number of H-pyrrole nitrogens is 1. The van der Waals surface area contributed by atoms with E-state index in [0.717, 1.165) is 0 Å². The van der Waals surface area contributed by atoms with Gasteiger partial charge in [0.25, 0.3) is 10.0 Å². The zero-order valence-electron chi connectivity index (χ0n) is 10.0. The minimum Gasteiger partial charge on any atom is -0.321 e. The molecule has 102 valence electrons. The Morgan fingerprint density at radius 1 is 1.42 bits per heavy atom. The van der Waals surface area contributed by atoms with Crippen molar-refractivity contribution in [3.8, 4) is 0 Å². The van der Waals surface area contributed by atoms with Crippen LogP contribution in [0.3, 0.4) is 0 Å². The summed E-state index contributed by atoms with van der Waals surface area (Å²) in [6.07, 6.45) is 2.67. The van der Waals surface area contributed by atoms with Gasteiger partial charge in [-0.1, -0.05) is 0 Å². The van der Waals surface area contributed by atoms with E-state index in [-0.39, 0.29) is 10.7 Å². The van der Waals surface area contributed by atoms with Crippen molar-refractivity contribution in [2.75, 3.05) is 5.43 Å². The number of anilines is 1. The van der Waals surface area contributed by atoms with Gasteiger partial charge in [0.1, 0.15) is 12.2 Å². The van der Waals surface area contributed by atoms with Crippen molar-refractivity contribution in [2.24, 2.45) is 5.84 Å². The molecule has 0 fully saturated rings. The SMILES string of the molecule is CC(NS(=O)(=O)c1ncccc1NN)c1ncn[nH]1. The minimum atomic E-state index is -3.82. The van der Waals surface area contributed by atoms with Crippen molar-refractivity contribution in [3.05, 3.63) is 30.5 Å². The Kier molecular flexibility index (Phi) is 3.74. The molecule has 0 aromatic carbocycles. The number of sulfonamides is 1. The van der Waals surface area contributed by atoms with Crippen LogP contribution in [-0.2, 0) is 10.0 Å². The molecule has 0 aliphatic carbocycles. The molecule has 10 heteroatoms. The number of hydrogen-bond acceptors (Lipinski definition) is 7. The van der Waals surface area contributed by atoms with E-state index >= 15 is 0 Å². The summed E-state index contributed by atoms with van der Waals surface area (Å²) < 4.78 is 26.8. The third-order valence-corrected chi connectivity index (χ3v) is 3.86. The maximum Gasteiger partial charge on any atom is 0.260 e. The Hall–Kier alpha value is -2.04. The molecule has 1 unspecified atom stereocenters. The minimum absolute atomic E-state index is 0.177. The van der Waals surface area contributed by atoms with Gasteiger partial charge in [0.05, 0.1) is 11.7 Å². The van der Waals surface area contributed by atoms with Gasteiger partial charge in [-0.25, -0.2) is 18.4 Å². The summed E-state index contributed by atoms with van der Waals surface area (Å²) in [6, 6.07) is 2.52. The van der Waals surface area contributed by atoms with Crippen molar-refractivity contribution in [1.29, 1.82) is 0 Å². The van der Waals surface area contributed by atoms with E-state index in [1.54, 1.807) is 13.0 Å². The number of nitrogen functional groups attached to an aromatic ring is 1. The summed E-state index contributed by atoms with van der Waals surface area (Å²) in [6.45, 7) is 1.64. The largest absolute Gasteiger partial charge is 0.321 e. The lowest BCUT2D eigenvalue weighted by atomic mass is 10.3.